The second kappa shape index (κ2) is 8.50. The lowest BCUT2D eigenvalue weighted by Crippen LogP contribution is -2.13. The first-order chi connectivity index (χ1) is 13.8. The summed E-state index contributed by atoms with van der Waals surface area (Å²) < 4.78 is 3.06. The van der Waals surface area contributed by atoms with Crippen molar-refractivity contribution in [3.05, 3.63) is 86.7 Å². The van der Waals surface area contributed by atoms with E-state index in [2.05, 4.69) is 57.9 Å². The minimum absolute atomic E-state index is 0.0632. The van der Waals surface area contributed by atoms with Crippen molar-refractivity contribution in [2.75, 3.05) is 5.32 Å². The zero-order valence-electron chi connectivity index (χ0n) is 16.9. The molecule has 4 nitrogen and oxygen atoms in total. The number of rotatable bonds is 4. The summed E-state index contributed by atoms with van der Waals surface area (Å²) in [5.41, 5.74) is 7.11. The Morgan fingerprint density at radius 3 is 2.34 bits per heavy atom. The van der Waals surface area contributed by atoms with E-state index in [0.29, 0.717) is 5.69 Å². The highest BCUT2D eigenvalue weighted by Crippen LogP contribution is 2.24. The van der Waals surface area contributed by atoms with Crippen molar-refractivity contribution in [3.8, 4) is 11.8 Å². The first kappa shape index (κ1) is 20.6. The van der Waals surface area contributed by atoms with Gasteiger partial charge in [0.25, 0.3) is 5.91 Å². The van der Waals surface area contributed by atoms with Gasteiger partial charge in [-0.1, -0.05) is 22.0 Å². The summed E-state index contributed by atoms with van der Waals surface area (Å²) in [5, 5.41) is 12.3. The van der Waals surface area contributed by atoms with Gasteiger partial charge in [0.05, 0.1) is 0 Å². The van der Waals surface area contributed by atoms with E-state index in [4.69, 9.17) is 0 Å². The second-order valence-electron chi connectivity index (χ2n) is 7.06. The smallest absolute Gasteiger partial charge is 0.266 e. The maximum absolute atomic E-state index is 12.6. The Hall–Kier alpha value is -3.10. The van der Waals surface area contributed by atoms with Crippen LogP contribution in [0.5, 0.6) is 0 Å². The maximum Gasteiger partial charge on any atom is 0.266 e. The van der Waals surface area contributed by atoms with E-state index in [0.717, 1.165) is 27.1 Å². The molecule has 1 aromatic heterocycles. The number of nitrogens with zero attached hydrogens (tertiary/aromatic N) is 2. The molecular formula is C24H22BrN3O. The molecule has 0 unspecified atom stereocenters. The number of carbonyl (C=O) groups is 1. The van der Waals surface area contributed by atoms with Crippen LogP contribution in [0.1, 0.15) is 28.1 Å². The lowest BCUT2D eigenvalue weighted by molar-refractivity contribution is -0.112. The molecule has 0 atom stereocenters. The van der Waals surface area contributed by atoms with Gasteiger partial charge in [-0.2, -0.15) is 5.26 Å². The van der Waals surface area contributed by atoms with Crippen LogP contribution in [0.2, 0.25) is 0 Å². The Labute approximate surface area is 179 Å². The van der Waals surface area contributed by atoms with E-state index in [9.17, 15) is 10.1 Å². The molecule has 0 aliphatic rings. The molecule has 0 saturated carbocycles. The topological polar surface area (TPSA) is 57.8 Å². The van der Waals surface area contributed by atoms with Crippen LogP contribution in [-0.4, -0.2) is 10.5 Å². The molecule has 5 heteroatoms. The normalized spacial score (nSPS) is 11.2. The Morgan fingerprint density at radius 1 is 1.03 bits per heavy atom. The summed E-state index contributed by atoms with van der Waals surface area (Å²) in [6.45, 7) is 8.20. The van der Waals surface area contributed by atoms with Crippen molar-refractivity contribution in [2.45, 2.75) is 27.7 Å². The van der Waals surface area contributed by atoms with Crippen LogP contribution in [0.15, 0.2) is 58.6 Å². The van der Waals surface area contributed by atoms with Crippen molar-refractivity contribution in [3.63, 3.8) is 0 Å². The van der Waals surface area contributed by atoms with Crippen LogP contribution in [-0.2, 0) is 4.79 Å². The van der Waals surface area contributed by atoms with E-state index in [1.807, 2.05) is 38.1 Å². The average molecular weight is 448 g/mol. The van der Waals surface area contributed by atoms with E-state index in [1.165, 1.54) is 11.1 Å². The standard InChI is InChI=1S/C24H22BrN3O/c1-15-5-10-23(11-16(15)2)28-17(3)12-19(18(28)4)13-20(14-26)24(29)27-22-8-6-21(25)7-9-22/h5-13H,1-4H3,(H,27,29)/b20-13-. The highest BCUT2D eigenvalue weighted by Gasteiger charge is 2.14. The summed E-state index contributed by atoms with van der Waals surface area (Å²) in [6.07, 6.45) is 1.65. The van der Waals surface area contributed by atoms with Gasteiger partial charge < -0.3 is 9.88 Å². The Bertz CT molecular complexity index is 1150. The van der Waals surface area contributed by atoms with Crippen LogP contribution in [0.25, 0.3) is 11.8 Å². The molecule has 0 bridgehead atoms. The number of anilines is 1. The number of nitriles is 1. The SMILES string of the molecule is Cc1ccc(-n2c(C)cc(/C=C(/C#N)C(=O)Nc3ccc(Br)cc3)c2C)cc1C. The molecule has 0 radical (unpaired) electrons. The number of amides is 1. The third-order valence-electron chi connectivity index (χ3n) is 4.99. The fourth-order valence-corrected chi connectivity index (χ4v) is 3.50. The van der Waals surface area contributed by atoms with Crippen LogP contribution >= 0.6 is 15.9 Å². The molecule has 1 N–H and O–H groups in total. The van der Waals surface area contributed by atoms with E-state index >= 15 is 0 Å². The minimum Gasteiger partial charge on any atom is -0.321 e. The van der Waals surface area contributed by atoms with Crippen LogP contribution in [0.3, 0.4) is 0 Å². The van der Waals surface area contributed by atoms with Crippen molar-refractivity contribution in [1.29, 1.82) is 5.26 Å². The van der Waals surface area contributed by atoms with Gasteiger partial charge in [0.1, 0.15) is 11.6 Å². The number of nitrogens with one attached hydrogen (secondary N) is 1. The van der Waals surface area contributed by atoms with Gasteiger partial charge in [0.15, 0.2) is 0 Å². The molecule has 0 fully saturated rings. The molecule has 146 valence electrons. The lowest BCUT2D eigenvalue weighted by Gasteiger charge is -2.12. The zero-order chi connectivity index (χ0) is 21.1. The van der Waals surface area contributed by atoms with Crippen molar-refractivity contribution in [2.24, 2.45) is 0 Å². The van der Waals surface area contributed by atoms with E-state index < -0.39 is 5.91 Å². The van der Waals surface area contributed by atoms with Crippen LogP contribution in [0.4, 0.5) is 5.69 Å². The lowest BCUT2D eigenvalue weighted by atomic mass is 10.1. The van der Waals surface area contributed by atoms with Gasteiger partial charge in [-0.3, -0.25) is 4.79 Å². The van der Waals surface area contributed by atoms with Crippen LogP contribution in [0, 0.1) is 39.0 Å². The number of carbonyl (C=O) groups excluding carboxylic acids is 1. The molecule has 3 rings (SSSR count). The summed E-state index contributed by atoms with van der Waals surface area (Å²) >= 11 is 3.36. The van der Waals surface area contributed by atoms with Crippen molar-refractivity contribution < 1.29 is 4.79 Å². The largest absolute Gasteiger partial charge is 0.321 e. The van der Waals surface area contributed by atoms with Crippen molar-refractivity contribution >= 4 is 33.6 Å². The Morgan fingerprint density at radius 2 is 1.72 bits per heavy atom. The van der Waals surface area contributed by atoms with Gasteiger partial charge in [-0.15, -0.1) is 0 Å². The summed E-state index contributed by atoms with van der Waals surface area (Å²) in [6, 6.07) is 17.6. The first-order valence-corrected chi connectivity index (χ1v) is 10.0. The summed E-state index contributed by atoms with van der Waals surface area (Å²) in [5.74, 6) is -0.425. The molecule has 3 aromatic rings. The number of benzene rings is 2. The third kappa shape index (κ3) is 4.49. The molecule has 0 aliphatic heterocycles. The number of hydrogen-bond donors (Lipinski definition) is 1. The Balaban J connectivity index is 1.94. The molecular weight excluding hydrogens is 426 g/mol. The van der Waals surface area contributed by atoms with E-state index in [-0.39, 0.29) is 5.57 Å². The molecule has 0 saturated heterocycles. The third-order valence-corrected chi connectivity index (χ3v) is 5.51. The first-order valence-electron chi connectivity index (χ1n) is 9.25. The predicted molar refractivity (Wildman–Crippen MR) is 121 cm³/mol. The van der Waals surface area contributed by atoms with Crippen molar-refractivity contribution in [1.82, 2.24) is 4.57 Å². The predicted octanol–water partition coefficient (Wildman–Crippen LogP) is 6.02. The van der Waals surface area contributed by atoms with Gasteiger partial charge in [0, 0.05) is 27.2 Å². The fraction of sp³-hybridized carbons (Fsp3) is 0.167. The number of aryl methyl sites for hydroxylation is 3. The Kier molecular flexibility index (Phi) is 6.05. The average Bonchev–Trinajstić information content (AvgIpc) is 2.97. The molecule has 1 heterocycles. The number of halogens is 1. The maximum atomic E-state index is 12.6. The quantitative estimate of drug-likeness (QED) is 0.392. The fourth-order valence-electron chi connectivity index (χ4n) is 3.23. The minimum atomic E-state index is -0.425. The van der Waals surface area contributed by atoms with Gasteiger partial charge in [0.2, 0.25) is 0 Å². The zero-order valence-corrected chi connectivity index (χ0v) is 18.5. The van der Waals surface area contributed by atoms with Crippen LogP contribution < -0.4 is 5.32 Å². The number of aromatic nitrogens is 1. The van der Waals surface area contributed by atoms with E-state index in [1.54, 1.807) is 18.2 Å². The number of hydrogen-bond acceptors (Lipinski definition) is 2. The molecule has 0 aliphatic carbocycles. The monoisotopic (exact) mass is 447 g/mol. The molecule has 2 aromatic carbocycles. The molecule has 29 heavy (non-hydrogen) atoms. The van der Waals surface area contributed by atoms with Gasteiger partial charge in [-0.25, -0.2) is 0 Å². The summed E-state index contributed by atoms with van der Waals surface area (Å²) in [7, 11) is 0. The van der Waals surface area contributed by atoms with Gasteiger partial charge >= 0.3 is 0 Å². The highest BCUT2D eigenvalue weighted by molar-refractivity contribution is 9.10. The summed E-state index contributed by atoms with van der Waals surface area (Å²) in [4.78, 5) is 12.6. The molecule has 0 spiro atoms. The van der Waals surface area contributed by atoms with Gasteiger partial charge in [-0.05, 0) is 92.9 Å². The molecule has 1 amide bonds. The highest BCUT2D eigenvalue weighted by atomic mass is 79.9. The second-order valence-corrected chi connectivity index (χ2v) is 7.98.